The number of aromatic nitrogens is 2. The summed E-state index contributed by atoms with van der Waals surface area (Å²) >= 11 is 1.62. The van der Waals surface area contributed by atoms with Crippen LogP contribution >= 0.6 is 11.8 Å². The van der Waals surface area contributed by atoms with Gasteiger partial charge in [0.2, 0.25) is 10.0 Å². The van der Waals surface area contributed by atoms with Crippen LogP contribution in [0, 0.1) is 0 Å². The SMILES string of the molecule is CCCCn1c(SCc2cccc(OC)c2)nc2cc(S(N)(=O)=O)ccc21. The number of benzene rings is 2. The number of primary sulfonamides is 1. The second-order valence-electron chi connectivity index (χ2n) is 6.24. The zero-order valence-corrected chi connectivity index (χ0v) is 17.0. The van der Waals surface area contributed by atoms with Gasteiger partial charge in [-0.15, -0.1) is 0 Å². The molecular formula is C19H23N3O3S2. The highest BCUT2D eigenvalue weighted by molar-refractivity contribution is 7.98. The van der Waals surface area contributed by atoms with Crippen LogP contribution in [0.25, 0.3) is 11.0 Å². The van der Waals surface area contributed by atoms with Gasteiger partial charge in [-0.2, -0.15) is 0 Å². The predicted octanol–water partition coefficient (Wildman–Crippen LogP) is 3.78. The molecule has 1 heterocycles. The Kier molecular flexibility index (Phi) is 6.08. The lowest BCUT2D eigenvalue weighted by Crippen LogP contribution is -2.11. The van der Waals surface area contributed by atoms with Gasteiger partial charge in [0.05, 0.1) is 23.0 Å². The minimum absolute atomic E-state index is 0.0829. The van der Waals surface area contributed by atoms with E-state index in [1.807, 2.05) is 24.3 Å². The van der Waals surface area contributed by atoms with E-state index in [-0.39, 0.29) is 4.90 Å². The molecule has 6 nitrogen and oxygen atoms in total. The van der Waals surface area contributed by atoms with Gasteiger partial charge in [0.1, 0.15) is 5.75 Å². The number of nitrogens with zero attached hydrogens (tertiary/aromatic N) is 2. The third kappa shape index (κ3) is 4.63. The van der Waals surface area contributed by atoms with Gasteiger partial charge in [-0.3, -0.25) is 0 Å². The number of thioether (sulfide) groups is 1. The molecule has 0 radical (unpaired) electrons. The summed E-state index contributed by atoms with van der Waals surface area (Å²) < 4.78 is 30.7. The standard InChI is InChI=1S/C19H23N3O3S2/c1-3-4-10-22-18-9-8-16(27(20,23)24)12-17(18)21-19(22)26-13-14-6-5-7-15(11-14)25-2/h5-9,11-12H,3-4,10,13H2,1-2H3,(H2,20,23,24). The lowest BCUT2D eigenvalue weighted by molar-refractivity contribution is 0.414. The largest absolute Gasteiger partial charge is 0.497 e. The molecule has 0 saturated heterocycles. The number of hydrogen-bond donors (Lipinski definition) is 1. The van der Waals surface area contributed by atoms with Gasteiger partial charge in [-0.05, 0) is 42.3 Å². The summed E-state index contributed by atoms with van der Waals surface area (Å²) in [5.74, 6) is 1.57. The van der Waals surface area contributed by atoms with Crippen molar-refractivity contribution >= 4 is 32.8 Å². The van der Waals surface area contributed by atoms with E-state index < -0.39 is 10.0 Å². The molecule has 2 N–H and O–H groups in total. The Morgan fingerprint density at radius 3 is 2.74 bits per heavy atom. The molecule has 0 fully saturated rings. The highest BCUT2D eigenvalue weighted by atomic mass is 32.2. The lowest BCUT2D eigenvalue weighted by Gasteiger charge is -2.09. The Balaban J connectivity index is 1.94. The number of nitrogens with two attached hydrogens (primary N) is 1. The molecule has 8 heteroatoms. The Bertz CT molecular complexity index is 1050. The van der Waals surface area contributed by atoms with Crippen molar-refractivity contribution in [3.63, 3.8) is 0 Å². The van der Waals surface area contributed by atoms with Crippen molar-refractivity contribution < 1.29 is 13.2 Å². The highest BCUT2D eigenvalue weighted by Gasteiger charge is 2.15. The van der Waals surface area contributed by atoms with Gasteiger partial charge in [0.25, 0.3) is 0 Å². The first-order valence-corrected chi connectivity index (χ1v) is 11.2. The molecule has 0 atom stereocenters. The third-order valence-corrected chi connectivity index (χ3v) is 6.21. The van der Waals surface area contributed by atoms with E-state index in [1.54, 1.807) is 31.0 Å². The third-order valence-electron chi connectivity index (χ3n) is 4.25. The quantitative estimate of drug-likeness (QED) is 0.576. The molecule has 3 aromatic rings. The van der Waals surface area contributed by atoms with Crippen LogP contribution in [-0.4, -0.2) is 25.1 Å². The zero-order chi connectivity index (χ0) is 19.4. The normalized spacial score (nSPS) is 11.8. The lowest BCUT2D eigenvalue weighted by atomic mass is 10.2. The van der Waals surface area contributed by atoms with Crippen LogP contribution in [0.15, 0.2) is 52.5 Å². The van der Waals surface area contributed by atoms with Gasteiger partial charge in [0.15, 0.2) is 5.16 Å². The van der Waals surface area contributed by atoms with Crippen molar-refractivity contribution in [1.82, 2.24) is 9.55 Å². The molecule has 2 aromatic carbocycles. The summed E-state index contributed by atoms with van der Waals surface area (Å²) in [5, 5.41) is 6.12. The zero-order valence-electron chi connectivity index (χ0n) is 15.4. The first-order chi connectivity index (χ1) is 12.9. The average Bonchev–Trinajstić information content (AvgIpc) is 3.00. The maximum Gasteiger partial charge on any atom is 0.238 e. The highest BCUT2D eigenvalue weighted by Crippen LogP contribution is 2.29. The van der Waals surface area contributed by atoms with E-state index in [0.29, 0.717) is 5.52 Å². The van der Waals surface area contributed by atoms with E-state index >= 15 is 0 Å². The molecule has 27 heavy (non-hydrogen) atoms. The summed E-state index contributed by atoms with van der Waals surface area (Å²) in [6, 6.07) is 12.8. The van der Waals surface area contributed by atoms with Crippen LogP contribution in [0.1, 0.15) is 25.3 Å². The first-order valence-electron chi connectivity index (χ1n) is 8.71. The van der Waals surface area contributed by atoms with Crippen LogP contribution < -0.4 is 9.88 Å². The van der Waals surface area contributed by atoms with Crippen molar-refractivity contribution in [3.05, 3.63) is 48.0 Å². The minimum Gasteiger partial charge on any atom is -0.497 e. The summed E-state index contributed by atoms with van der Waals surface area (Å²) in [4.78, 5) is 4.75. The number of rotatable bonds is 8. The molecule has 0 aliphatic carbocycles. The average molecular weight is 406 g/mol. The monoisotopic (exact) mass is 405 g/mol. The fraction of sp³-hybridized carbons (Fsp3) is 0.316. The second kappa shape index (κ2) is 8.33. The molecule has 0 saturated carbocycles. The molecular weight excluding hydrogens is 382 g/mol. The van der Waals surface area contributed by atoms with E-state index in [2.05, 4.69) is 16.5 Å². The smallest absolute Gasteiger partial charge is 0.238 e. The van der Waals surface area contributed by atoms with Crippen molar-refractivity contribution in [2.24, 2.45) is 5.14 Å². The van der Waals surface area contributed by atoms with Crippen molar-refractivity contribution in [2.45, 2.75) is 42.1 Å². The topological polar surface area (TPSA) is 87.2 Å². The maximum absolute atomic E-state index is 11.6. The Hall–Kier alpha value is -2.03. The number of hydrogen-bond acceptors (Lipinski definition) is 5. The van der Waals surface area contributed by atoms with Crippen LogP contribution in [0.4, 0.5) is 0 Å². The molecule has 0 bridgehead atoms. The molecule has 144 valence electrons. The van der Waals surface area contributed by atoms with Crippen molar-refractivity contribution in [3.8, 4) is 5.75 Å². The van der Waals surface area contributed by atoms with E-state index in [0.717, 1.165) is 47.1 Å². The summed E-state index contributed by atoms with van der Waals surface area (Å²) in [6.45, 7) is 2.98. The van der Waals surface area contributed by atoms with Gasteiger partial charge in [-0.1, -0.05) is 37.2 Å². The van der Waals surface area contributed by atoms with Crippen LogP contribution in [0.2, 0.25) is 0 Å². The Morgan fingerprint density at radius 2 is 2.04 bits per heavy atom. The molecule has 3 rings (SSSR count). The van der Waals surface area contributed by atoms with E-state index in [4.69, 9.17) is 9.88 Å². The van der Waals surface area contributed by atoms with E-state index in [9.17, 15) is 8.42 Å². The van der Waals surface area contributed by atoms with Crippen LogP contribution in [-0.2, 0) is 22.3 Å². The van der Waals surface area contributed by atoms with E-state index in [1.165, 1.54) is 6.07 Å². The fourth-order valence-electron chi connectivity index (χ4n) is 2.82. The van der Waals surface area contributed by atoms with Crippen molar-refractivity contribution in [2.75, 3.05) is 7.11 Å². The van der Waals surface area contributed by atoms with Gasteiger partial charge in [-0.25, -0.2) is 18.5 Å². The minimum atomic E-state index is -3.75. The van der Waals surface area contributed by atoms with Crippen LogP contribution in [0.5, 0.6) is 5.75 Å². The molecule has 1 aromatic heterocycles. The van der Waals surface area contributed by atoms with Gasteiger partial charge >= 0.3 is 0 Å². The molecule has 0 unspecified atom stereocenters. The summed E-state index contributed by atoms with van der Waals surface area (Å²) in [5.41, 5.74) is 2.70. The predicted molar refractivity (Wildman–Crippen MR) is 109 cm³/mol. The summed E-state index contributed by atoms with van der Waals surface area (Å²) in [7, 11) is -2.10. The first kappa shape index (κ1) is 19.7. The fourth-order valence-corrected chi connectivity index (χ4v) is 4.33. The Labute approximate surface area is 163 Å². The van der Waals surface area contributed by atoms with Gasteiger partial charge < -0.3 is 9.30 Å². The van der Waals surface area contributed by atoms with Crippen molar-refractivity contribution in [1.29, 1.82) is 0 Å². The maximum atomic E-state index is 11.6. The number of sulfonamides is 1. The number of imidazole rings is 1. The van der Waals surface area contributed by atoms with Gasteiger partial charge in [0, 0.05) is 12.3 Å². The molecule has 0 amide bonds. The second-order valence-corrected chi connectivity index (χ2v) is 8.74. The molecule has 0 aliphatic heterocycles. The molecule has 0 aliphatic rings. The Morgan fingerprint density at radius 1 is 1.22 bits per heavy atom. The van der Waals surface area contributed by atoms with Crippen LogP contribution in [0.3, 0.4) is 0 Å². The number of ether oxygens (including phenoxy) is 1. The number of fused-ring (bicyclic) bond motifs is 1. The number of aryl methyl sites for hydroxylation is 1. The molecule has 0 spiro atoms. The number of unbranched alkanes of at least 4 members (excludes halogenated alkanes) is 1. The number of methoxy groups -OCH3 is 1. The summed E-state index contributed by atoms with van der Waals surface area (Å²) in [6.07, 6.45) is 2.09.